The van der Waals surface area contributed by atoms with E-state index in [-0.39, 0.29) is 0 Å². The van der Waals surface area contributed by atoms with E-state index in [2.05, 4.69) is 11.4 Å². The molecule has 1 aliphatic carbocycles. The lowest BCUT2D eigenvalue weighted by Crippen LogP contribution is -2.52. The molecule has 0 bridgehead atoms. The number of carbonyl (C=O) groups is 2. The summed E-state index contributed by atoms with van der Waals surface area (Å²) in [6.45, 7) is 3.93. The fourth-order valence-corrected chi connectivity index (χ4v) is 2.89. The lowest BCUT2D eigenvalue weighted by Gasteiger charge is -2.32. The van der Waals surface area contributed by atoms with Crippen LogP contribution in [0.25, 0.3) is 0 Å². The molecule has 1 aromatic carbocycles. The molecular formula is C19H24N2O4. The molecule has 6 heteroatoms. The molecule has 1 fully saturated rings. The first-order chi connectivity index (χ1) is 12.0. The van der Waals surface area contributed by atoms with Crippen molar-refractivity contribution in [2.24, 2.45) is 0 Å². The Labute approximate surface area is 148 Å². The lowest BCUT2D eigenvalue weighted by molar-refractivity contribution is -0.130. The molecule has 6 nitrogen and oxygen atoms in total. The number of nitrogens with one attached hydrogen (secondary N) is 1. The van der Waals surface area contributed by atoms with E-state index in [4.69, 9.17) is 9.47 Å². The first-order valence-corrected chi connectivity index (χ1v) is 8.67. The second-order valence-electron chi connectivity index (χ2n) is 6.25. The Morgan fingerprint density at radius 2 is 1.88 bits per heavy atom. The van der Waals surface area contributed by atoms with Crippen LogP contribution < -0.4 is 10.1 Å². The van der Waals surface area contributed by atoms with Gasteiger partial charge in [0.25, 0.3) is 5.91 Å². The highest BCUT2D eigenvalue weighted by atomic mass is 16.5. The summed E-state index contributed by atoms with van der Waals surface area (Å²) in [5.74, 6) is -0.360. The normalized spacial score (nSPS) is 17.0. The van der Waals surface area contributed by atoms with Gasteiger partial charge in [-0.1, -0.05) is 19.3 Å². The van der Waals surface area contributed by atoms with Crippen LogP contribution in [0.5, 0.6) is 5.75 Å². The minimum atomic E-state index is -0.966. The maximum atomic E-state index is 12.3. The van der Waals surface area contributed by atoms with Gasteiger partial charge in [-0.25, -0.2) is 4.79 Å². The quantitative estimate of drug-likeness (QED) is 0.802. The van der Waals surface area contributed by atoms with Gasteiger partial charge in [0, 0.05) is 0 Å². The first-order valence-electron chi connectivity index (χ1n) is 8.67. The van der Waals surface area contributed by atoms with Crippen LogP contribution in [0, 0.1) is 11.3 Å². The van der Waals surface area contributed by atoms with Crippen molar-refractivity contribution in [3.63, 3.8) is 0 Å². The van der Waals surface area contributed by atoms with Gasteiger partial charge in [0.2, 0.25) is 0 Å². The summed E-state index contributed by atoms with van der Waals surface area (Å²) in [7, 11) is 0. The highest BCUT2D eigenvalue weighted by Crippen LogP contribution is 2.27. The van der Waals surface area contributed by atoms with Crippen LogP contribution in [0.15, 0.2) is 24.3 Å². The number of hydrogen-bond acceptors (Lipinski definition) is 5. The van der Waals surface area contributed by atoms with Crippen molar-refractivity contribution in [1.29, 1.82) is 5.26 Å². The number of amides is 1. The third kappa shape index (κ3) is 4.96. The molecule has 1 aromatic rings. The SMILES string of the molecule is CCOc1ccc(C(=O)OC(C)C(=O)NC2(C#N)CCCCC2)cc1. The zero-order valence-corrected chi connectivity index (χ0v) is 14.7. The summed E-state index contributed by atoms with van der Waals surface area (Å²) in [6, 6.07) is 8.76. The molecular weight excluding hydrogens is 320 g/mol. The minimum Gasteiger partial charge on any atom is -0.494 e. The molecule has 1 saturated carbocycles. The second-order valence-corrected chi connectivity index (χ2v) is 6.25. The number of carbonyl (C=O) groups excluding carboxylic acids is 2. The van der Waals surface area contributed by atoms with Gasteiger partial charge < -0.3 is 14.8 Å². The Hall–Kier alpha value is -2.55. The van der Waals surface area contributed by atoms with Crippen LogP contribution in [-0.2, 0) is 9.53 Å². The molecule has 1 atom stereocenters. The summed E-state index contributed by atoms with van der Waals surface area (Å²) < 4.78 is 10.5. The van der Waals surface area contributed by atoms with Crippen LogP contribution in [0.1, 0.15) is 56.3 Å². The highest BCUT2D eigenvalue weighted by Gasteiger charge is 2.35. The minimum absolute atomic E-state index is 0.343. The maximum Gasteiger partial charge on any atom is 0.338 e. The Morgan fingerprint density at radius 1 is 1.24 bits per heavy atom. The monoisotopic (exact) mass is 344 g/mol. The maximum absolute atomic E-state index is 12.3. The summed E-state index contributed by atoms with van der Waals surface area (Å²) in [5, 5.41) is 12.2. The van der Waals surface area contributed by atoms with Crippen molar-refractivity contribution in [3.8, 4) is 11.8 Å². The average molecular weight is 344 g/mol. The molecule has 1 unspecified atom stereocenters. The van der Waals surface area contributed by atoms with Crippen molar-refractivity contribution in [3.05, 3.63) is 29.8 Å². The van der Waals surface area contributed by atoms with Gasteiger partial charge in [-0.3, -0.25) is 4.79 Å². The lowest BCUT2D eigenvalue weighted by atomic mass is 9.83. The van der Waals surface area contributed by atoms with Crippen LogP contribution in [0.3, 0.4) is 0 Å². The third-order valence-corrected chi connectivity index (χ3v) is 4.34. The van der Waals surface area contributed by atoms with Crippen LogP contribution in [0.2, 0.25) is 0 Å². The van der Waals surface area contributed by atoms with E-state index in [0.717, 1.165) is 19.3 Å². The molecule has 1 N–H and O–H groups in total. The zero-order chi connectivity index (χ0) is 18.3. The van der Waals surface area contributed by atoms with Gasteiger partial charge in [-0.05, 0) is 51.0 Å². The number of esters is 1. The van der Waals surface area contributed by atoms with E-state index in [1.54, 1.807) is 24.3 Å². The van der Waals surface area contributed by atoms with Crippen molar-refractivity contribution in [1.82, 2.24) is 5.32 Å². The summed E-state index contributed by atoms with van der Waals surface area (Å²) >= 11 is 0. The van der Waals surface area contributed by atoms with Crippen LogP contribution in [0.4, 0.5) is 0 Å². The van der Waals surface area contributed by atoms with Gasteiger partial charge >= 0.3 is 5.97 Å². The van der Waals surface area contributed by atoms with Crippen molar-refractivity contribution >= 4 is 11.9 Å². The summed E-state index contributed by atoms with van der Waals surface area (Å²) in [4.78, 5) is 24.5. The van der Waals surface area contributed by atoms with Crippen LogP contribution >= 0.6 is 0 Å². The van der Waals surface area contributed by atoms with E-state index < -0.39 is 23.5 Å². The standard InChI is InChI=1S/C19H24N2O4/c1-3-24-16-9-7-15(8-10-16)18(23)25-14(2)17(22)21-19(13-20)11-5-4-6-12-19/h7-10,14H,3-6,11-12H2,1-2H3,(H,21,22). The first kappa shape index (κ1) is 18.8. The summed E-state index contributed by atoms with van der Waals surface area (Å²) in [5.41, 5.74) is -0.495. The Bertz CT molecular complexity index is 642. The van der Waals surface area contributed by atoms with Crippen molar-refractivity contribution < 1.29 is 19.1 Å². The van der Waals surface area contributed by atoms with E-state index in [0.29, 0.717) is 30.8 Å². The van der Waals surface area contributed by atoms with E-state index in [9.17, 15) is 14.9 Å². The summed E-state index contributed by atoms with van der Waals surface area (Å²) in [6.07, 6.45) is 3.19. The second kappa shape index (κ2) is 8.52. The van der Waals surface area contributed by atoms with E-state index in [1.807, 2.05) is 6.92 Å². The fraction of sp³-hybridized carbons (Fsp3) is 0.526. The molecule has 134 valence electrons. The molecule has 0 heterocycles. The Morgan fingerprint density at radius 3 is 2.44 bits per heavy atom. The molecule has 0 radical (unpaired) electrons. The number of hydrogen-bond donors (Lipinski definition) is 1. The largest absolute Gasteiger partial charge is 0.494 e. The Balaban J connectivity index is 1.93. The van der Waals surface area contributed by atoms with E-state index >= 15 is 0 Å². The van der Waals surface area contributed by atoms with Gasteiger partial charge in [0.1, 0.15) is 11.3 Å². The molecule has 1 aliphatic rings. The molecule has 2 rings (SSSR count). The Kier molecular flexibility index (Phi) is 6.40. The molecule has 0 aliphatic heterocycles. The van der Waals surface area contributed by atoms with Gasteiger partial charge in [0.15, 0.2) is 6.10 Å². The van der Waals surface area contributed by atoms with Crippen molar-refractivity contribution in [2.75, 3.05) is 6.61 Å². The topological polar surface area (TPSA) is 88.4 Å². The van der Waals surface area contributed by atoms with Gasteiger partial charge in [0.05, 0.1) is 18.2 Å². The number of ether oxygens (including phenoxy) is 2. The van der Waals surface area contributed by atoms with Crippen molar-refractivity contribution in [2.45, 2.75) is 57.6 Å². The number of nitriles is 1. The number of rotatable bonds is 6. The predicted octanol–water partition coefficient (Wildman–Crippen LogP) is 2.97. The zero-order valence-electron chi connectivity index (χ0n) is 14.7. The van der Waals surface area contributed by atoms with E-state index in [1.165, 1.54) is 6.92 Å². The predicted molar refractivity (Wildman–Crippen MR) is 92.1 cm³/mol. The molecule has 1 amide bonds. The third-order valence-electron chi connectivity index (χ3n) is 4.34. The fourth-order valence-electron chi connectivity index (χ4n) is 2.89. The van der Waals surface area contributed by atoms with Gasteiger partial charge in [-0.15, -0.1) is 0 Å². The number of benzene rings is 1. The molecule has 0 spiro atoms. The molecule has 0 aromatic heterocycles. The molecule has 0 saturated heterocycles. The highest BCUT2D eigenvalue weighted by molar-refractivity contribution is 5.92. The molecule has 25 heavy (non-hydrogen) atoms. The average Bonchev–Trinajstić information content (AvgIpc) is 2.63. The van der Waals surface area contributed by atoms with Crippen LogP contribution in [-0.4, -0.2) is 30.1 Å². The number of nitrogens with zero attached hydrogens (tertiary/aromatic N) is 1. The smallest absolute Gasteiger partial charge is 0.338 e. The van der Waals surface area contributed by atoms with Gasteiger partial charge in [-0.2, -0.15) is 5.26 Å².